The number of carbonyl (C=O) groups is 1. The van der Waals surface area contributed by atoms with Crippen LogP contribution in [0.15, 0.2) is 0 Å². The topological polar surface area (TPSA) is 38.3 Å². The summed E-state index contributed by atoms with van der Waals surface area (Å²) >= 11 is 0. The van der Waals surface area contributed by atoms with Crippen LogP contribution in [0.3, 0.4) is 0 Å². The van der Waals surface area contributed by atoms with Crippen LogP contribution in [0.4, 0.5) is 0 Å². The van der Waals surface area contributed by atoms with Gasteiger partial charge in [0.25, 0.3) is 0 Å². The maximum absolute atomic E-state index is 12.9. The third-order valence-electron chi connectivity index (χ3n) is 6.73. The van der Waals surface area contributed by atoms with Gasteiger partial charge in [0, 0.05) is 0 Å². The number of amides is 1. The van der Waals surface area contributed by atoms with Crippen molar-refractivity contribution in [1.29, 1.82) is 0 Å². The van der Waals surface area contributed by atoms with Crippen LogP contribution in [0.1, 0.15) is 78.1 Å². The number of hydroxylamine groups is 1. The molecule has 5 aliphatic carbocycles. The molecule has 5 saturated carbocycles. The van der Waals surface area contributed by atoms with Gasteiger partial charge >= 0.3 is 0 Å². The molecule has 3 nitrogen and oxygen atoms in total. The Kier molecular flexibility index (Phi) is 2.99. The van der Waals surface area contributed by atoms with Crippen LogP contribution >= 0.6 is 0 Å². The zero-order valence-corrected chi connectivity index (χ0v) is 13.5. The Morgan fingerprint density at radius 2 is 1.62 bits per heavy atom. The lowest BCUT2D eigenvalue weighted by molar-refractivity contribution is -0.183. The fraction of sp³-hybridized carbons (Fsp3) is 0.944. The monoisotopic (exact) mass is 291 g/mol. The van der Waals surface area contributed by atoms with E-state index in [4.69, 9.17) is 4.84 Å². The predicted molar refractivity (Wildman–Crippen MR) is 81.3 cm³/mol. The highest BCUT2D eigenvalue weighted by Gasteiger charge is 2.62. The summed E-state index contributed by atoms with van der Waals surface area (Å²) in [7, 11) is 0. The maximum atomic E-state index is 12.9. The predicted octanol–water partition coefficient (Wildman–Crippen LogP) is 3.97. The summed E-state index contributed by atoms with van der Waals surface area (Å²) in [6, 6.07) is 0. The Morgan fingerprint density at radius 1 is 1.00 bits per heavy atom. The Balaban J connectivity index is 1.49. The van der Waals surface area contributed by atoms with Crippen molar-refractivity contribution < 1.29 is 9.63 Å². The molecule has 2 atom stereocenters. The molecule has 3 heteroatoms. The van der Waals surface area contributed by atoms with Crippen molar-refractivity contribution in [3.8, 4) is 0 Å². The highest BCUT2D eigenvalue weighted by molar-refractivity contribution is 5.82. The summed E-state index contributed by atoms with van der Waals surface area (Å²) in [6.45, 7) is 4.82. The summed E-state index contributed by atoms with van der Waals surface area (Å²) in [5.41, 5.74) is 3.52. The van der Waals surface area contributed by atoms with E-state index >= 15 is 0 Å². The van der Waals surface area contributed by atoms with E-state index in [9.17, 15) is 4.79 Å². The smallest absolute Gasteiger partial charge is 0.249 e. The van der Waals surface area contributed by atoms with Gasteiger partial charge < -0.3 is 0 Å². The number of nitrogens with one attached hydrogen (secondary N) is 1. The molecule has 0 spiro atoms. The quantitative estimate of drug-likeness (QED) is 0.799. The molecule has 0 aromatic rings. The molecule has 0 aromatic carbocycles. The Bertz CT molecular complexity index is 436. The fourth-order valence-corrected chi connectivity index (χ4v) is 6.95. The third-order valence-corrected chi connectivity index (χ3v) is 6.73. The van der Waals surface area contributed by atoms with Gasteiger partial charge in [0.2, 0.25) is 5.91 Å². The van der Waals surface area contributed by atoms with E-state index in [0.29, 0.717) is 10.8 Å². The molecule has 0 aromatic heterocycles. The minimum atomic E-state index is -0.137. The average Bonchev–Trinajstić information content (AvgIpc) is 2.84. The van der Waals surface area contributed by atoms with Crippen LogP contribution in [0.5, 0.6) is 0 Å². The van der Waals surface area contributed by atoms with Crippen molar-refractivity contribution >= 4 is 5.91 Å². The van der Waals surface area contributed by atoms with Gasteiger partial charge in [0.05, 0.1) is 11.5 Å². The first-order valence-electron chi connectivity index (χ1n) is 8.87. The first-order chi connectivity index (χ1) is 9.91. The Labute approximate surface area is 128 Å². The van der Waals surface area contributed by atoms with E-state index < -0.39 is 0 Å². The minimum Gasteiger partial charge on any atom is -0.272 e. The molecule has 2 unspecified atom stereocenters. The number of carbonyl (C=O) groups excluding carboxylic acids is 1. The van der Waals surface area contributed by atoms with Crippen LogP contribution in [0.2, 0.25) is 0 Å². The lowest BCUT2D eigenvalue weighted by Gasteiger charge is -2.64. The van der Waals surface area contributed by atoms with Crippen molar-refractivity contribution in [2.24, 2.45) is 22.2 Å². The second-order valence-electron chi connectivity index (χ2n) is 9.37. The van der Waals surface area contributed by atoms with Crippen LogP contribution in [0.25, 0.3) is 0 Å². The highest BCUT2D eigenvalue weighted by atomic mass is 16.7. The zero-order valence-electron chi connectivity index (χ0n) is 13.5. The van der Waals surface area contributed by atoms with E-state index in [1.807, 2.05) is 0 Å². The summed E-state index contributed by atoms with van der Waals surface area (Å²) in [5, 5.41) is 0. The largest absolute Gasteiger partial charge is 0.272 e. The first kappa shape index (κ1) is 14.0. The van der Waals surface area contributed by atoms with Gasteiger partial charge in [0.15, 0.2) is 0 Å². The molecule has 5 rings (SSSR count). The molecule has 1 N–H and O–H groups in total. The molecular weight excluding hydrogens is 262 g/mol. The molecule has 21 heavy (non-hydrogen) atoms. The van der Waals surface area contributed by atoms with Crippen molar-refractivity contribution in [2.75, 3.05) is 0 Å². The van der Waals surface area contributed by atoms with Crippen molar-refractivity contribution in [1.82, 2.24) is 5.48 Å². The van der Waals surface area contributed by atoms with E-state index in [1.54, 1.807) is 0 Å². The van der Waals surface area contributed by atoms with Gasteiger partial charge in [-0.3, -0.25) is 9.63 Å². The van der Waals surface area contributed by atoms with Gasteiger partial charge in [0.1, 0.15) is 0 Å². The molecule has 5 fully saturated rings. The number of hydrogen-bond donors (Lipinski definition) is 1. The van der Waals surface area contributed by atoms with Crippen molar-refractivity contribution in [2.45, 2.75) is 84.2 Å². The molecule has 1 amide bonds. The molecule has 0 aliphatic heterocycles. The molecule has 118 valence electrons. The van der Waals surface area contributed by atoms with Crippen LogP contribution in [-0.2, 0) is 9.63 Å². The van der Waals surface area contributed by atoms with Crippen LogP contribution in [-0.4, -0.2) is 12.0 Å². The minimum absolute atomic E-state index is 0.137. The second-order valence-corrected chi connectivity index (χ2v) is 9.37. The normalized spacial score (nSPS) is 48.8. The Hall–Kier alpha value is -0.570. The average molecular weight is 291 g/mol. The first-order valence-corrected chi connectivity index (χ1v) is 8.87. The van der Waals surface area contributed by atoms with E-state index in [-0.39, 0.29) is 17.4 Å². The number of rotatable bonds is 3. The standard InChI is InChI=1S/C18H29NO2/c1-16-7-13-8-17(2,10-16)12-18(9-13,11-16)15(20)19-21-14-5-3-4-6-14/h13-14H,3-12H2,1-2H3,(H,19,20). The Morgan fingerprint density at radius 3 is 2.19 bits per heavy atom. The SMILES string of the molecule is CC12CC3CC(C)(C1)CC(C(=O)NOC1CCCC1)(C3)C2. The van der Waals surface area contributed by atoms with Crippen molar-refractivity contribution in [3.05, 3.63) is 0 Å². The second kappa shape index (κ2) is 4.47. The van der Waals surface area contributed by atoms with E-state index in [1.165, 1.54) is 32.1 Å². The summed E-state index contributed by atoms with van der Waals surface area (Å²) < 4.78 is 0. The van der Waals surface area contributed by atoms with Gasteiger partial charge in [-0.2, -0.15) is 0 Å². The zero-order chi connectivity index (χ0) is 14.7. The van der Waals surface area contributed by atoms with Crippen LogP contribution in [0, 0.1) is 22.2 Å². The molecule has 0 radical (unpaired) electrons. The molecule has 0 saturated heterocycles. The van der Waals surface area contributed by atoms with Crippen molar-refractivity contribution in [3.63, 3.8) is 0 Å². The maximum Gasteiger partial charge on any atom is 0.249 e. The lowest BCUT2D eigenvalue weighted by Crippen LogP contribution is -2.60. The molecular formula is C18H29NO2. The molecule has 4 bridgehead atoms. The van der Waals surface area contributed by atoms with Gasteiger partial charge in [-0.1, -0.05) is 26.7 Å². The van der Waals surface area contributed by atoms with Gasteiger partial charge in [-0.05, 0) is 68.1 Å². The van der Waals surface area contributed by atoms with Crippen LogP contribution < -0.4 is 5.48 Å². The summed E-state index contributed by atoms with van der Waals surface area (Å²) in [5.74, 6) is 0.949. The molecule has 5 aliphatic rings. The van der Waals surface area contributed by atoms with Gasteiger partial charge in [-0.25, -0.2) is 5.48 Å². The fourth-order valence-electron chi connectivity index (χ4n) is 6.95. The lowest BCUT2D eigenvalue weighted by atomic mass is 9.40. The van der Waals surface area contributed by atoms with E-state index in [2.05, 4.69) is 19.3 Å². The van der Waals surface area contributed by atoms with Gasteiger partial charge in [-0.15, -0.1) is 0 Å². The summed E-state index contributed by atoms with van der Waals surface area (Å²) in [4.78, 5) is 18.6. The highest BCUT2D eigenvalue weighted by Crippen LogP contribution is 2.69. The van der Waals surface area contributed by atoms with E-state index in [0.717, 1.165) is 38.0 Å². The number of hydrogen-bond acceptors (Lipinski definition) is 2. The summed E-state index contributed by atoms with van der Waals surface area (Å²) in [6.07, 6.45) is 12.2. The third kappa shape index (κ3) is 2.32. The molecule has 0 heterocycles.